The minimum absolute atomic E-state index is 0.0993. The number of anilines is 6. The molecule has 7 aromatic rings. The number of hydrogen-bond acceptors (Lipinski definition) is 5. The second-order valence-electron chi connectivity index (χ2n) is 15.2. The summed E-state index contributed by atoms with van der Waals surface area (Å²) in [6.07, 6.45) is 0. The highest BCUT2D eigenvalue weighted by Gasteiger charge is 2.38. The van der Waals surface area contributed by atoms with Gasteiger partial charge in [0, 0.05) is 32.0 Å². The Morgan fingerprint density at radius 2 is 0.800 bits per heavy atom. The van der Waals surface area contributed by atoms with Crippen LogP contribution in [0.5, 0.6) is 0 Å². The number of benzene rings is 7. The lowest BCUT2D eigenvalue weighted by atomic mass is 9.73. The van der Waals surface area contributed by atoms with Crippen molar-refractivity contribution < 1.29 is 12.6 Å². The summed E-state index contributed by atoms with van der Waals surface area (Å²) in [5, 5.41) is 0. The Bertz CT molecular complexity index is 2660. The van der Waals surface area contributed by atoms with E-state index in [1.54, 1.807) is 30.3 Å². The summed E-state index contributed by atoms with van der Waals surface area (Å²) in [5.41, 5.74) is 10.7. The Labute approximate surface area is 325 Å². The molecule has 0 bridgehead atoms. The Balaban J connectivity index is 1.00. The van der Waals surface area contributed by atoms with E-state index in [2.05, 4.69) is 122 Å². The lowest BCUT2D eigenvalue weighted by Gasteiger charge is -2.42. The van der Waals surface area contributed by atoms with Crippen LogP contribution in [0.25, 0.3) is 0 Å². The average Bonchev–Trinajstić information content (AvgIpc) is 3.21. The molecule has 0 aliphatic carbocycles. The first-order chi connectivity index (χ1) is 26.5. The second-order valence-corrected chi connectivity index (χ2v) is 18.7. The molecule has 272 valence electrons. The molecular formula is C48H40N2O3S2. The van der Waals surface area contributed by atoms with E-state index in [-0.39, 0.29) is 20.6 Å². The van der Waals surface area contributed by atoms with Crippen molar-refractivity contribution >= 4 is 54.8 Å². The minimum atomic E-state index is -3.91. The van der Waals surface area contributed by atoms with Gasteiger partial charge in [0.15, 0.2) is 0 Å². The fraction of sp³-hybridized carbons (Fsp3) is 0.125. The maximum absolute atomic E-state index is 14.1. The lowest BCUT2D eigenvalue weighted by molar-refractivity contribution is 0.596. The molecule has 0 amide bonds. The standard InChI is InChI=1S/C48H40N2O3S2/c1-47(2)39-16-5-9-20-43(39)49(44-21-10-6-17-40(44)47)33-24-28-35(29-25-33)54(51)36-14-13-15-38(32-36)55(52,53)37-30-26-34(27-31-37)50-45-22-11-7-18-41(45)48(3,4)42-19-8-12-23-46(42)50/h5-32H,1-4H3. The van der Waals surface area contributed by atoms with Gasteiger partial charge in [-0.05, 0) is 113 Å². The monoisotopic (exact) mass is 756 g/mol. The summed E-state index contributed by atoms with van der Waals surface area (Å²) in [5.74, 6) is 0. The average molecular weight is 757 g/mol. The number of fused-ring (bicyclic) bond motifs is 4. The van der Waals surface area contributed by atoms with Crippen LogP contribution in [-0.2, 0) is 31.5 Å². The summed E-state index contributed by atoms with van der Waals surface area (Å²) >= 11 is 0. The van der Waals surface area contributed by atoms with Gasteiger partial charge in [-0.2, -0.15) is 0 Å². The number of nitrogens with zero attached hydrogens (tertiary/aromatic N) is 2. The third-order valence-corrected chi connectivity index (χ3v) is 14.5. The molecule has 0 fully saturated rings. The second kappa shape index (κ2) is 12.9. The molecule has 0 N–H and O–H groups in total. The van der Waals surface area contributed by atoms with Crippen LogP contribution in [0.4, 0.5) is 34.1 Å². The van der Waals surface area contributed by atoms with Crippen molar-refractivity contribution in [3.05, 3.63) is 192 Å². The molecule has 2 aliphatic heterocycles. The van der Waals surface area contributed by atoms with Crippen LogP contribution >= 0.6 is 0 Å². The van der Waals surface area contributed by atoms with Gasteiger partial charge >= 0.3 is 0 Å². The molecule has 0 radical (unpaired) electrons. The number of para-hydroxylation sites is 4. The molecule has 0 saturated carbocycles. The Hall–Kier alpha value is -5.76. The van der Waals surface area contributed by atoms with Gasteiger partial charge in [-0.25, -0.2) is 12.6 Å². The van der Waals surface area contributed by atoms with Crippen molar-refractivity contribution in [1.82, 2.24) is 0 Å². The van der Waals surface area contributed by atoms with Gasteiger partial charge in [-0.15, -0.1) is 0 Å². The van der Waals surface area contributed by atoms with E-state index in [0.29, 0.717) is 9.79 Å². The smallest absolute Gasteiger partial charge is 0.206 e. The Morgan fingerprint density at radius 3 is 1.22 bits per heavy atom. The highest BCUT2D eigenvalue weighted by atomic mass is 32.2. The highest BCUT2D eigenvalue weighted by Crippen LogP contribution is 2.53. The predicted molar refractivity (Wildman–Crippen MR) is 223 cm³/mol. The molecule has 1 unspecified atom stereocenters. The first kappa shape index (κ1) is 35.0. The van der Waals surface area contributed by atoms with E-state index in [0.717, 1.165) is 34.1 Å². The van der Waals surface area contributed by atoms with E-state index >= 15 is 0 Å². The van der Waals surface area contributed by atoms with Crippen LogP contribution < -0.4 is 9.80 Å². The predicted octanol–water partition coefficient (Wildman–Crippen LogP) is 11.9. The van der Waals surface area contributed by atoms with Gasteiger partial charge in [0.1, 0.15) is 0 Å². The van der Waals surface area contributed by atoms with Gasteiger partial charge in [-0.1, -0.05) is 107 Å². The highest BCUT2D eigenvalue weighted by molar-refractivity contribution is 7.91. The lowest BCUT2D eigenvalue weighted by Crippen LogP contribution is -2.30. The van der Waals surface area contributed by atoms with Crippen LogP contribution in [-0.4, -0.2) is 12.6 Å². The molecule has 2 aliphatic rings. The van der Waals surface area contributed by atoms with Gasteiger partial charge in [-0.3, -0.25) is 0 Å². The summed E-state index contributed by atoms with van der Waals surface area (Å²) in [6, 6.07) is 54.9. The Kier molecular flexibility index (Phi) is 8.22. The molecule has 0 spiro atoms. The zero-order valence-corrected chi connectivity index (χ0v) is 32.7. The molecule has 9 rings (SSSR count). The minimum Gasteiger partial charge on any atom is -0.310 e. The molecule has 7 aromatic carbocycles. The molecule has 55 heavy (non-hydrogen) atoms. The van der Waals surface area contributed by atoms with Crippen molar-refractivity contribution in [3.63, 3.8) is 0 Å². The maximum Gasteiger partial charge on any atom is 0.206 e. The van der Waals surface area contributed by atoms with Crippen molar-refractivity contribution in [2.75, 3.05) is 9.80 Å². The normalized spacial score (nSPS) is 15.6. The summed E-state index contributed by atoms with van der Waals surface area (Å²) in [4.78, 5) is 5.74. The molecule has 2 heterocycles. The molecule has 1 atom stereocenters. The van der Waals surface area contributed by atoms with Crippen LogP contribution in [0.2, 0.25) is 0 Å². The van der Waals surface area contributed by atoms with Gasteiger partial charge in [0.2, 0.25) is 9.84 Å². The van der Waals surface area contributed by atoms with Crippen molar-refractivity contribution in [2.45, 2.75) is 58.1 Å². The summed E-state index contributed by atoms with van der Waals surface area (Å²) < 4.78 is 42.1. The number of sulfone groups is 1. The molecule has 5 nitrogen and oxygen atoms in total. The van der Waals surface area contributed by atoms with E-state index in [4.69, 9.17) is 0 Å². The van der Waals surface area contributed by atoms with Crippen LogP contribution in [0.15, 0.2) is 189 Å². The molecule has 0 saturated heterocycles. The van der Waals surface area contributed by atoms with Crippen LogP contribution in [0.3, 0.4) is 0 Å². The summed E-state index contributed by atoms with van der Waals surface area (Å²) in [6.45, 7) is 8.99. The maximum atomic E-state index is 14.1. The van der Waals surface area contributed by atoms with Crippen molar-refractivity contribution in [3.8, 4) is 0 Å². The quantitative estimate of drug-likeness (QED) is 0.169. The van der Waals surface area contributed by atoms with Crippen LogP contribution in [0, 0.1) is 0 Å². The SMILES string of the molecule is CC1(C)c2ccccc2N(c2ccc(S(=O)c3cccc(S(=O)(=O)c4ccc(N5c6ccccc6C(C)(C)c6ccccc65)cc4)c3)cc2)c2ccccc21. The molecule has 7 heteroatoms. The van der Waals surface area contributed by atoms with E-state index in [9.17, 15) is 12.6 Å². The van der Waals surface area contributed by atoms with Crippen molar-refractivity contribution in [2.24, 2.45) is 0 Å². The number of hydrogen-bond donors (Lipinski definition) is 0. The van der Waals surface area contributed by atoms with Crippen molar-refractivity contribution in [1.29, 1.82) is 0 Å². The number of rotatable bonds is 6. The van der Waals surface area contributed by atoms with Crippen LogP contribution in [0.1, 0.15) is 49.9 Å². The molecule has 0 aromatic heterocycles. The Morgan fingerprint density at radius 1 is 0.418 bits per heavy atom. The fourth-order valence-electron chi connectivity index (χ4n) is 8.42. The fourth-order valence-corrected chi connectivity index (χ4v) is 10.9. The van der Waals surface area contributed by atoms with Gasteiger partial charge in [0.25, 0.3) is 0 Å². The first-order valence-corrected chi connectivity index (χ1v) is 21.1. The third kappa shape index (κ3) is 5.56. The van der Waals surface area contributed by atoms with Gasteiger partial charge in [0.05, 0.1) is 43.3 Å². The van der Waals surface area contributed by atoms with E-state index in [1.807, 2.05) is 48.5 Å². The zero-order valence-electron chi connectivity index (χ0n) is 31.1. The summed E-state index contributed by atoms with van der Waals surface area (Å²) in [7, 11) is -5.52. The topological polar surface area (TPSA) is 57.7 Å². The first-order valence-electron chi connectivity index (χ1n) is 18.4. The van der Waals surface area contributed by atoms with E-state index < -0.39 is 20.6 Å². The van der Waals surface area contributed by atoms with Gasteiger partial charge < -0.3 is 9.80 Å². The van der Waals surface area contributed by atoms with E-state index in [1.165, 1.54) is 28.3 Å². The zero-order chi connectivity index (χ0) is 38.1. The third-order valence-electron chi connectivity index (χ3n) is 11.3. The molecular weight excluding hydrogens is 717 g/mol. The largest absolute Gasteiger partial charge is 0.310 e.